The molecule has 0 aromatic rings. The zero-order valence-corrected chi connectivity index (χ0v) is 19.6. The summed E-state index contributed by atoms with van der Waals surface area (Å²) in [5.41, 5.74) is 0.794. The summed E-state index contributed by atoms with van der Waals surface area (Å²) in [5, 5.41) is 12.9. The number of carbonyl (C=O) groups excluding carboxylic acids is 1. The third-order valence-electron chi connectivity index (χ3n) is 5.71. The second kappa shape index (κ2) is 18.8. The van der Waals surface area contributed by atoms with Crippen molar-refractivity contribution in [3.63, 3.8) is 0 Å². The average molecular weight is 426 g/mol. The van der Waals surface area contributed by atoms with Crippen molar-refractivity contribution in [1.29, 1.82) is 0 Å². The lowest BCUT2D eigenvalue weighted by molar-refractivity contribution is -0.157. The maximum atomic E-state index is 11.6. The summed E-state index contributed by atoms with van der Waals surface area (Å²) < 4.78 is 11.5. The van der Waals surface area contributed by atoms with Crippen LogP contribution in [-0.4, -0.2) is 43.0 Å². The highest BCUT2D eigenvalue weighted by molar-refractivity contribution is 5.87. The molecular formula is C25H47NO4. The predicted molar refractivity (Wildman–Crippen MR) is 123 cm³/mol. The molecule has 1 heterocycles. The number of hydrogen-bond acceptors (Lipinski definition) is 5. The summed E-state index contributed by atoms with van der Waals surface area (Å²) in [7, 11) is 0. The quantitative estimate of drug-likeness (QED) is 0.207. The Kier molecular flexibility index (Phi) is 17.0. The molecule has 0 aliphatic carbocycles. The van der Waals surface area contributed by atoms with Crippen LogP contribution in [0.5, 0.6) is 0 Å². The average Bonchev–Trinajstić information content (AvgIpc) is 2.73. The number of hydrogen-bond donors (Lipinski definition) is 2. The Morgan fingerprint density at radius 3 is 2.30 bits per heavy atom. The second-order valence-electron chi connectivity index (χ2n) is 8.71. The van der Waals surface area contributed by atoms with Gasteiger partial charge in [-0.1, -0.05) is 71.1 Å². The molecule has 0 radical (unpaired) electrons. The van der Waals surface area contributed by atoms with Gasteiger partial charge in [-0.05, 0) is 39.0 Å². The number of carbonyl (C=O) groups is 1. The van der Waals surface area contributed by atoms with Gasteiger partial charge in [0, 0.05) is 31.0 Å². The molecule has 0 amide bonds. The third kappa shape index (κ3) is 15.0. The molecule has 2 N–H and O–H groups in total. The number of ether oxygens (including phenoxy) is 2. The Morgan fingerprint density at radius 1 is 1.07 bits per heavy atom. The van der Waals surface area contributed by atoms with E-state index in [0.717, 1.165) is 44.4 Å². The molecule has 5 heteroatoms. The van der Waals surface area contributed by atoms with Crippen LogP contribution >= 0.6 is 0 Å². The summed E-state index contributed by atoms with van der Waals surface area (Å²) in [5.74, 6) is 0.00680. The maximum absolute atomic E-state index is 11.6. The number of aliphatic hydroxyl groups is 1. The monoisotopic (exact) mass is 425 g/mol. The Bertz CT molecular complexity index is 446. The zero-order chi connectivity index (χ0) is 21.9. The summed E-state index contributed by atoms with van der Waals surface area (Å²) >= 11 is 0. The molecule has 0 aromatic carbocycles. The van der Waals surface area contributed by atoms with Gasteiger partial charge in [0.15, 0.2) is 12.1 Å². The van der Waals surface area contributed by atoms with Gasteiger partial charge in [0.1, 0.15) is 0 Å². The van der Waals surface area contributed by atoms with Crippen LogP contribution in [0.15, 0.2) is 11.8 Å². The normalized spacial score (nSPS) is 18.4. The fourth-order valence-electron chi connectivity index (χ4n) is 3.98. The van der Waals surface area contributed by atoms with Gasteiger partial charge in [0.05, 0.1) is 6.61 Å². The number of allylic oxidation sites excluding steroid dienone is 1. The third-order valence-corrected chi connectivity index (χ3v) is 5.71. The molecule has 0 bridgehead atoms. The smallest absolute Gasteiger partial charge is 0.158 e. The lowest BCUT2D eigenvalue weighted by atomic mass is 10.0. The van der Waals surface area contributed by atoms with Crippen molar-refractivity contribution < 1.29 is 19.4 Å². The molecular weight excluding hydrogens is 378 g/mol. The fourth-order valence-corrected chi connectivity index (χ4v) is 3.98. The Labute approximate surface area is 185 Å². The van der Waals surface area contributed by atoms with Crippen LogP contribution in [0.25, 0.3) is 0 Å². The molecule has 5 nitrogen and oxygen atoms in total. The Balaban J connectivity index is 2.27. The standard InChI is InChI=1S/C25H47NO4/c1-3-4-5-6-7-8-9-10-11-12-15-23(17-18-27)26-24(20-22(2)28)21-30-25-16-13-14-19-29-25/h20,23,25-27H,3-19,21H2,1-2H3/b24-20+/t23-,25?/m1/s1. The highest BCUT2D eigenvalue weighted by atomic mass is 16.7. The lowest BCUT2D eigenvalue weighted by Gasteiger charge is -2.25. The van der Waals surface area contributed by atoms with Crippen LogP contribution in [0.3, 0.4) is 0 Å². The van der Waals surface area contributed by atoms with E-state index in [0.29, 0.717) is 13.0 Å². The van der Waals surface area contributed by atoms with E-state index in [-0.39, 0.29) is 24.7 Å². The molecule has 176 valence electrons. The maximum Gasteiger partial charge on any atom is 0.158 e. The molecule has 0 aromatic heterocycles. The molecule has 1 unspecified atom stereocenters. The van der Waals surface area contributed by atoms with Gasteiger partial charge in [0.2, 0.25) is 0 Å². The highest BCUT2D eigenvalue weighted by Crippen LogP contribution is 2.16. The number of aliphatic hydroxyl groups excluding tert-OH is 1. The van der Waals surface area contributed by atoms with E-state index in [1.54, 1.807) is 13.0 Å². The minimum absolute atomic E-state index is 0.00680. The first-order chi connectivity index (χ1) is 14.7. The van der Waals surface area contributed by atoms with Crippen LogP contribution in [0, 0.1) is 0 Å². The van der Waals surface area contributed by atoms with E-state index in [4.69, 9.17) is 9.47 Å². The van der Waals surface area contributed by atoms with Crippen molar-refractivity contribution in [2.24, 2.45) is 0 Å². The number of nitrogens with one attached hydrogen (secondary N) is 1. The van der Waals surface area contributed by atoms with Crippen molar-refractivity contribution in [3.05, 3.63) is 11.8 Å². The van der Waals surface area contributed by atoms with Crippen LogP contribution in [0.1, 0.15) is 110 Å². The summed E-state index contributed by atoms with van der Waals surface area (Å²) in [6, 6.07) is 0.172. The number of ketones is 1. The lowest BCUT2D eigenvalue weighted by Crippen LogP contribution is -2.33. The molecule has 1 aliphatic rings. The zero-order valence-electron chi connectivity index (χ0n) is 19.6. The molecule has 1 fully saturated rings. The molecule has 0 saturated carbocycles. The minimum Gasteiger partial charge on any atom is -0.396 e. The minimum atomic E-state index is -0.172. The largest absolute Gasteiger partial charge is 0.396 e. The van der Waals surface area contributed by atoms with E-state index in [9.17, 15) is 9.90 Å². The van der Waals surface area contributed by atoms with E-state index in [2.05, 4.69) is 12.2 Å². The van der Waals surface area contributed by atoms with E-state index in [1.807, 2.05) is 0 Å². The van der Waals surface area contributed by atoms with Crippen LogP contribution in [-0.2, 0) is 14.3 Å². The fraction of sp³-hybridized carbons (Fsp3) is 0.880. The first-order valence-electron chi connectivity index (χ1n) is 12.5. The van der Waals surface area contributed by atoms with Gasteiger partial charge in [0.25, 0.3) is 0 Å². The molecule has 1 aliphatic heterocycles. The van der Waals surface area contributed by atoms with Gasteiger partial charge >= 0.3 is 0 Å². The van der Waals surface area contributed by atoms with Crippen molar-refractivity contribution in [2.75, 3.05) is 19.8 Å². The van der Waals surface area contributed by atoms with Gasteiger partial charge in [-0.3, -0.25) is 4.79 Å². The summed E-state index contributed by atoms with van der Waals surface area (Å²) in [4.78, 5) is 11.6. The number of unbranched alkanes of at least 4 members (excludes halogenated alkanes) is 9. The van der Waals surface area contributed by atoms with Gasteiger partial charge in [-0.15, -0.1) is 0 Å². The summed E-state index contributed by atoms with van der Waals surface area (Å²) in [6.07, 6.45) is 19.4. The molecule has 2 atom stereocenters. The van der Waals surface area contributed by atoms with E-state index >= 15 is 0 Å². The number of rotatable bonds is 19. The first kappa shape index (κ1) is 27.1. The SMILES string of the molecule is CCCCCCCCCCCC[C@H](CCO)N/C(=C/C(C)=O)COC1CCCCO1. The van der Waals surface area contributed by atoms with E-state index in [1.165, 1.54) is 57.8 Å². The Hall–Kier alpha value is -0.910. The van der Waals surface area contributed by atoms with E-state index < -0.39 is 0 Å². The van der Waals surface area contributed by atoms with Gasteiger partial charge < -0.3 is 19.9 Å². The van der Waals surface area contributed by atoms with Crippen LogP contribution in [0.2, 0.25) is 0 Å². The molecule has 0 spiro atoms. The van der Waals surface area contributed by atoms with Crippen molar-refractivity contribution in [2.45, 2.75) is 122 Å². The Morgan fingerprint density at radius 2 is 1.73 bits per heavy atom. The van der Waals surface area contributed by atoms with Crippen molar-refractivity contribution in [1.82, 2.24) is 5.32 Å². The topological polar surface area (TPSA) is 67.8 Å². The van der Waals surface area contributed by atoms with Gasteiger partial charge in [-0.25, -0.2) is 0 Å². The second-order valence-corrected chi connectivity index (χ2v) is 8.71. The van der Waals surface area contributed by atoms with Gasteiger partial charge in [-0.2, -0.15) is 0 Å². The molecule has 1 saturated heterocycles. The van der Waals surface area contributed by atoms with Crippen molar-refractivity contribution >= 4 is 5.78 Å². The first-order valence-corrected chi connectivity index (χ1v) is 12.5. The highest BCUT2D eigenvalue weighted by Gasteiger charge is 2.16. The van der Waals surface area contributed by atoms with Crippen LogP contribution in [0.4, 0.5) is 0 Å². The summed E-state index contributed by atoms with van der Waals surface area (Å²) in [6.45, 7) is 5.06. The molecule has 1 rings (SSSR count). The van der Waals surface area contributed by atoms with Crippen molar-refractivity contribution in [3.8, 4) is 0 Å². The molecule has 30 heavy (non-hydrogen) atoms. The predicted octanol–water partition coefficient (Wildman–Crippen LogP) is 5.65. The van der Waals surface area contributed by atoms with Crippen LogP contribution < -0.4 is 5.32 Å².